The summed E-state index contributed by atoms with van der Waals surface area (Å²) in [5.74, 6) is 1.10. The lowest BCUT2D eigenvalue weighted by molar-refractivity contribution is 0.684. The van der Waals surface area contributed by atoms with Crippen molar-refractivity contribution in [1.29, 1.82) is 0 Å². The third-order valence-corrected chi connectivity index (χ3v) is 2.22. The number of rotatable bonds is 1. The molecule has 2 rings (SSSR count). The summed E-state index contributed by atoms with van der Waals surface area (Å²) in [6.45, 7) is 0. The molecule has 0 saturated carbocycles. The zero-order valence-electron chi connectivity index (χ0n) is 6.93. The van der Waals surface area contributed by atoms with Gasteiger partial charge in [-0.15, -0.1) is 0 Å². The van der Waals surface area contributed by atoms with E-state index < -0.39 is 0 Å². The first kappa shape index (κ1) is 7.35. The highest BCUT2D eigenvalue weighted by Gasteiger charge is 2.12. The predicted octanol–water partition coefficient (Wildman–Crippen LogP) is 3.03. The van der Waals surface area contributed by atoms with Gasteiger partial charge in [0.2, 0.25) is 0 Å². The summed E-state index contributed by atoms with van der Waals surface area (Å²) < 4.78 is 0. The molecule has 0 heterocycles. The normalized spacial score (nSPS) is 22.3. The molecule has 0 spiro atoms. The predicted molar refractivity (Wildman–Crippen MR) is 52.7 cm³/mol. The van der Waals surface area contributed by atoms with Crippen LogP contribution in [0, 0.1) is 11.8 Å². The van der Waals surface area contributed by atoms with E-state index in [1.165, 1.54) is 0 Å². The van der Waals surface area contributed by atoms with Crippen molar-refractivity contribution in [3.63, 3.8) is 0 Å². The van der Waals surface area contributed by atoms with Crippen LogP contribution in [0.25, 0.3) is 0 Å². The van der Waals surface area contributed by atoms with Gasteiger partial charge in [-0.2, -0.15) is 0 Å². The highest BCUT2D eigenvalue weighted by molar-refractivity contribution is 5.27. The molecule has 2 aliphatic carbocycles. The van der Waals surface area contributed by atoms with Crippen molar-refractivity contribution in [2.45, 2.75) is 0 Å². The average molecular weight is 156 g/mol. The third-order valence-electron chi connectivity index (χ3n) is 2.22. The molecule has 0 radical (unpaired) electrons. The van der Waals surface area contributed by atoms with Gasteiger partial charge in [0, 0.05) is 11.8 Å². The Labute approximate surface area is 73.3 Å². The Morgan fingerprint density at radius 1 is 0.417 bits per heavy atom. The smallest absolute Gasteiger partial charge is 0.00506 e. The molecule has 0 amide bonds. The van der Waals surface area contributed by atoms with Crippen LogP contribution in [0.15, 0.2) is 60.8 Å². The fourth-order valence-corrected chi connectivity index (χ4v) is 1.54. The highest BCUT2D eigenvalue weighted by Crippen LogP contribution is 2.23. The molecule has 0 unspecified atom stereocenters. The van der Waals surface area contributed by atoms with Gasteiger partial charge in [0.05, 0.1) is 0 Å². The van der Waals surface area contributed by atoms with Crippen LogP contribution in [0.3, 0.4) is 0 Å². The maximum atomic E-state index is 2.24. The molecule has 0 aromatic heterocycles. The molecule has 12 heavy (non-hydrogen) atoms. The molecule has 0 aromatic rings. The second kappa shape index (κ2) is 3.40. The van der Waals surface area contributed by atoms with Crippen LogP contribution in [0.4, 0.5) is 0 Å². The van der Waals surface area contributed by atoms with E-state index in [9.17, 15) is 0 Å². The summed E-state index contributed by atoms with van der Waals surface area (Å²) in [6.07, 6.45) is 21.6. The Morgan fingerprint density at radius 2 is 0.750 bits per heavy atom. The molecule has 0 aromatic carbocycles. The van der Waals surface area contributed by atoms with Gasteiger partial charge in [-0.3, -0.25) is 0 Å². The van der Waals surface area contributed by atoms with Gasteiger partial charge in [0.1, 0.15) is 0 Å². The van der Waals surface area contributed by atoms with Crippen molar-refractivity contribution in [3.8, 4) is 0 Å². The molecule has 60 valence electrons. The molecule has 0 bridgehead atoms. The van der Waals surface area contributed by atoms with Crippen LogP contribution in [0.5, 0.6) is 0 Å². The van der Waals surface area contributed by atoms with E-state index in [1.54, 1.807) is 0 Å². The van der Waals surface area contributed by atoms with Gasteiger partial charge in [-0.05, 0) is 0 Å². The van der Waals surface area contributed by atoms with E-state index in [0.717, 1.165) is 0 Å². The second-order valence-electron chi connectivity index (χ2n) is 3.08. The first-order valence-electron chi connectivity index (χ1n) is 4.33. The van der Waals surface area contributed by atoms with Gasteiger partial charge in [-0.1, -0.05) is 60.8 Å². The van der Waals surface area contributed by atoms with Crippen molar-refractivity contribution < 1.29 is 0 Å². The molecular weight excluding hydrogens is 144 g/mol. The van der Waals surface area contributed by atoms with Gasteiger partial charge in [0.15, 0.2) is 0 Å². The Bertz CT molecular complexity index is 259. The van der Waals surface area contributed by atoms with Gasteiger partial charge >= 0.3 is 0 Å². The van der Waals surface area contributed by atoms with Gasteiger partial charge in [-0.25, -0.2) is 0 Å². The molecule has 2 aliphatic rings. The lowest BCUT2D eigenvalue weighted by Crippen LogP contribution is -2.02. The van der Waals surface area contributed by atoms with E-state index in [2.05, 4.69) is 60.8 Å². The van der Waals surface area contributed by atoms with E-state index >= 15 is 0 Å². The second-order valence-corrected chi connectivity index (χ2v) is 3.08. The quantitative estimate of drug-likeness (QED) is 0.547. The lowest BCUT2D eigenvalue weighted by Gasteiger charge is -2.11. The molecule has 0 aliphatic heterocycles. The van der Waals surface area contributed by atoms with E-state index in [4.69, 9.17) is 0 Å². The van der Waals surface area contributed by atoms with Crippen LogP contribution in [0.1, 0.15) is 0 Å². The molecule has 0 N–H and O–H groups in total. The Kier molecular flexibility index (Phi) is 2.08. The monoisotopic (exact) mass is 156 g/mol. The van der Waals surface area contributed by atoms with Crippen molar-refractivity contribution in [3.05, 3.63) is 60.8 Å². The largest absolute Gasteiger partial charge is 0.0767 e. The summed E-state index contributed by atoms with van der Waals surface area (Å²) in [5.41, 5.74) is 0. The minimum atomic E-state index is 0.537. The fourth-order valence-electron chi connectivity index (χ4n) is 1.54. The standard InChI is InChI=1S/C12H12/c1-2-4-8-11(7-3-1)12-9-5-6-10-12/h1-12H. The molecule has 0 nitrogen and oxygen atoms in total. The number of allylic oxidation sites excluding steroid dienone is 10. The maximum absolute atomic E-state index is 2.24. The third kappa shape index (κ3) is 1.48. The zero-order valence-corrected chi connectivity index (χ0v) is 6.93. The number of hydrogen-bond donors (Lipinski definition) is 0. The average Bonchev–Trinajstić information content (AvgIpc) is 2.48. The lowest BCUT2D eigenvalue weighted by atomic mass is 9.93. The zero-order chi connectivity index (χ0) is 8.23. The summed E-state index contributed by atoms with van der Waals surface area (Å²) >= 11 is 0. The van der Waals surface area contributed by atoms with Crippen molar-refractivity contribution >= 4 is 0 Å². The van der Waals surface area contributed by atoms with Crippen molar-refractivity contribution in [2.75, 3.05) is 0 Å². The highest BCUT2D eigenvalue weighted by atomic mass is 14.2. The van der Waals surface area contributed by atoms with Crippen LogP contribution in [-0.2, 0) is 0 Å². The number of hydrogen-bond acceptors (Lipinski definition) is 0. The Hall–Kier alpha value is -1.30. The van der Waals surface area contributed by atoms with Gasteiger partial charge < -0.3 is 0 Å². The Balaban J connectivity index is 2.13. The molecule has 0 fully saturated rings. The van der Waals surface area contributed by atoms with Crippen molar-refractivity contribution in [1.82, 2.24) is 0 Å². The summed E-state index contributed by atoms with van der Waals surface area (Å²) in [6, 6.07) is 0. The maximum Gasteiger partial charge on any atom is 0.00506 e. The van der Waals surface area contributed by atoms with Crippen LogP contribution >= 0.6 is 0 Å². The van der Waals surface area contributed by atoms with E-state index in [-0.39, 0.29) is 0 Å². The minimum Gasteiger partial charge on any atom is -0.0767 e. The first-order valence-corrected chi connectivity index (χ1v) is 4.33. The summed E-state index contributed by atoms with van der Waals surface area (Å²) in [7, 11) is 0. The first-order chi connectivity index (χ1) is 5.97. The minimum absolute atomic E-state index is 0.537. The molecule has 0 saturated heterocycles. The van der Waals surface area contributed by atoms with Crippen LogP contribution < -0.4 is 0 Å². The molecular formula is C12H12. The van der Waals surface area contributed by atoms with Crippen LogP contribution in [0.2, 0.25) is 0 Å². The summed E-state index contributed by atoms with van der Waals surface area (Å²) in [4.78, 5) is 0. The fraction of sp³-hybridized carbons (Fsp3) is 0.167. The topological polar surface area (TPSA) is 0 Å². The van der Waals surface area contributed by atoms with Crippen LogP contribution in [-0.4, -0.2) is 0 Å². The molecule has 0 atom stereocenters. The van der Waals surface area contributed by atoms with Crippen molar-refractivity contribution in [2.24, 2.45) is 11.8 Å². The summed E-state index contributed by atoms with van der Waals surface area (Å²) in [5, 5.41) is 0. The molecule has 0 heteroatoms. The Morgan fingerprint density at radius 3 is 1.17 bits per heavy atom. The van der Waals surface area contributed by atoms with E-state index in [0.29, 0.717) is 11.8 Å². The van der Waals surface area contributed by atoms with E-state index in [1.807, 2.05) is 0 Å². The SMILES string of the molecule is C1=CC=CC(C2C=CC=C2)C=C1. The van der Waals surface area contributed by atoms with Gasteiger partial charge in [0.25, 0.3) is 0 Å².